The van der Waals surface area contributed by atoms with E-state index in [2.05, 4.69) is 48.8 Å². The highest BCUT2D eigenvalue weighted by atomic mass is 127. The molecule has 2 aromatic carbocycles. The predicted octanol–water partition coefficient (Wildman–Crippen LogP) is 4.35. The first kappa shape index (κ1) is 16.9. The molecule has 2 heterocycles. The molecule has 2 aliphatic heterocycles. The molecule has 25 heavy (non-hydrogen) atoms. The van der Waals surface area contributed by atoms with Crippen molar-refractivity contribution in [1.82, 2.24) is 5.32 Å². The number of hydrogen-bond donors (Lipinski definition) is 1. The van der Waals surface area contributed by atoms with Crippen molar-refractivity contribution in [1.29, 1.82) is 0 Å². The number of amides is 1. The van der Waals surface area contributed by atoms with Crippen LogP contribution in [0, 0.1) is 3.57 Å². The van der Waals surface area contributed by atoms with E-state index in [4.69, 9.17) is 21.1 Å². The van der Waals surface area contributed by atoms with E-state index in [0.29, 0.717) is 33.6 Å². The third-order valence-electron chi connectivity index (χ3n) is 3.66. The minimum absolute atomic E-state index is 0.190. The largest absolute Gasteiger partial charge is 0.454 e. The number of aliphatic imine (C=N–C) groups is 1. The van der Waals surface area contributed by atoms with E-state index in [-0.39, 0.29) is 12.7 Å². The Balaban J connectivity index is 1.73. The number of rotatable bonds is 2. The highest BCUT2D eigenvalue weighted by Gasteiger charge is 2.24. The molecule has 4 rings (SSSR count). The zero-order valence-corrected chi connectivity index (χ0v) is 17.0. The first-order valence-corrected chi connectivity index (χ1v) is 9.42. The number of nitrogens with one attached hydrogen (secondary N) is 1. The third-order valence-corrected chi connectivity index (χ3v) is 5.35. The van der Waals surface area contributed by atoms with Gasteiger partial charge in [0, 0.05) is 13.6 Å². The van der Waals surface area contributed by atoms with E-state index in [1.807, 2.05) is 18.2 Å². The number of benzene rings is 2. The molecule has 0 radical (unpaired) electrons. The summed E-state index contributed by atoms with van der Waals surface area (Å²) in [4.78, 5) is 16.7. The van der Waals surface area contributed by atoms with Crippen LogP contribution in [0.15, 0.2) is 45.5 Å². The van der Waals surface area contributed by atoms with E-state index in [9.17, 15) is 4.79 Å². The van der Waals surface area contributed by atoms with E-state index in [1.165, 1.54) is 0 Å². The maximum atomic E-state index is 12.3. The fourth-order valence-corrected chi connectivity index (χ4v) is 3.60. The molecule has 1 N–H and O–H groups in total. The summed E-state index contributed by atoms with van der Waals surface area (Å²) in [6.07, 6.45) is 1.69. The Bertz CT molecular complexity index is 975. The minimum atomic E-state index is -0.283. The second-order valence-electron chi connectivity index (χ2n) is 5.30. The van der Waals surface area contributed by atoms with E-state index < -0.39 is 0 Å². The normalized spacial score (nSPS) is 17.0. The molecule has 2 aliphatic rings. The van der Waals surface area contributed by atoms with Crippen molar-refractivity contribution in [3.05, 3.63) is 60.2 Å². The third kappa shape index (κ3) is 3.28. The molecule has 0 spiro atoms. The summed E-state index contributed by atoms with van der Waals surface area (Å²) in [5.41, 5.74) is 1.76. The first-order valence-electron chi connectivity index (χ1n) is 7.17. The average molecular weight is 532 g/mol. The lowest BCUT2D eigenvalue weighted by molar-refractivity contribution is -0.115. The van der Waals surface area contributed by atoms with Crippen LogP contribution < -0.4 is 14.8 Å². The topological polar surface area (TPSA) is 59.9 Å². The summed E-state index contributed by atoms with van der Waals surface area (Å²) < 4.78 is 12.5. The quantitative estimate of drug-likeness (QED) is 0.463. The molecule has 0 saturated carbocycles. The summed E-state index contributed by atoms with van der Waals surface area (Å²) in [7, 11) is 0. The highest BCUT2D eigenvalue weighted by Crippen LogP contribution is 2.38. The fraction of sp³-hybridized carbons (Fsp3) is 0.0588. The van der Waals surface area contributed by atoms with Crippen LogP contribution in [0.3, 0.4) is 0 Å². The number of carbonyl (C=O) groups excluding carboxylic acids is 1. The maximum Gasteiger partial charge on any atom is 0.275 e. The number of halogens is 3. The lowest BCUT2D eigenvalue weighted by Gasteiger charge is -2.03. The molecule has 0 bridgehead atoms. The lowest BCUT2D eigenvalue weighted by Crippen LogP contribution is -2.25. The molecule has 0 aromatic heterocycles. The van der Waals surface area contributed by atoms with Gasteiger partial charge < -0.3 is 14.8 Å². The number of nitrogens with zero attached hydrogens (tertiary/aromatic N) is 1. The molecule has 0 unspecified atom stereocenters. The maximum absolute atomic E-state index is 12.3. The van der Waals surface area contributed by atoms with Crippen molar-refractivity contribution in [3.63, 3.8) is 0 Å². The number of ether oxygens (including phenoxy) is 2. The fourth-order valence-electron chi connectivity index (χ4n) is 2.47. The van der Waals surface area contributed by atoms with E-state index in [1.54, 1.807) is 18.2 Å². The molecule has 0 saturated heterocycles. The summed E-state index contributed by atoms with van der Waals surface area (Å²) in [6.45, 7) is 0.190. The predicted molar refractivity (Wildman–Crippen MR) is 107 cm³/mol. The Kier molecular flexibility index (Phi) is 4.47. The van der Waals surface area contributed by atoms with Crippen LogP contribution in [0.2, 0.25) is 5.02 Å². The van der Waals surface area contributed by atoms with Gasteiger partial charge in [-0.05, 0) is 64.6 Å². The summed E-state index contributed by atoms with van der Waals surface area (Å²) in [5.74, 6) is 1.46. The summed E-state index contributed by atoms with van der Waals surface area (Å²) >= 11 is 11.9. The van der Waals surface area contributed by atoms with Gasteiger partial charge in [0.15, 0.2) is 11.5 Å². The van der Waals surface area contributed by atoms with Crippen molar-refractivity contribution in [2.45, 2.75) is 0 Å². The Hall–Kier alpha value is -1.58. The number of hydrogen-bond acceptors (Lipinski definition) is 4. The SMILES string of the molecule is O=C1NC(c2cc(I)ccc2Cl)=N/C1=C\c1cc2c(cc1Br)OCO2. The van der Waals surface area contributed by atoms with Gasteiger partial charge in [0.1, 0.15) is 11.5 Å². The molecular weight excluding hydrogens is 522 g/mol. The molecule has 0 atom stereocenters. The van der Waals surface area contributed by atoms with Crippen LogP contribution in [-0.2, 0) is 4.79 Å². The van der Waals surface area contributed by atoms with Gasteiger partial charge in [0.2, 0.25) is 6.79 Å². The Labute approximate surface area is 170 Å². The van der Waals surface area contributed by atoms with Crippen LogP contribution in [0.1, 0.15) is 11.1 Å². The Morgan fingerprint density at radius 2 is 2.00 bits per heavy atom. The molecule has 1 amide bonds. The van der Waals surface area contributed by atoms with Gasteiger partial charge in [-0.25, -0.2) is 4.99 Å². The lowest BCUT2D eigenvalue weighted by atomic mass is 10.1. The smallest absolute Gasteiger partial charge is 0.275 e. The highest BCUT2D eigenvalue weighted by molar-refractivity contribution is 14.1. The van der Waals surface area contributed by atoms with Gasteiger partial charge >= 0.3 is 0 Å². The van der Waals surface area contributed by atoms with Crippen molar-refractivity contribution < 1.29 is 14.3 Å². The van der Waals surface area contributed by atoms with Crippen LogP contribution in [0.5, 0.6) is 11.5 Å². The Morgan fingerprint density at radius 3 is 2.80 bits per heavy atom. The average Bonchev–Trinajstić information content (AvgIpc) is 3.17. The van der Waals surface area contributed by atoms with Gasteiger partial charge in [-0.2, -0.15) is 0 Å². The minimum Gasteiger partial charge on any atom is -0.454 e. The second-order valence-corrected chi connectivity index (χ2v) is 7.80. The molecule has 2 aromatic rings. The number of amidine groups is 1. The van der Waals surface area contributed by atoms with Gasteiger partial charge in [-0.15, -0.1) is 0 Å². The molecule has 126 valence electrons. The first-order chi connectivity index (χ1) is 12.0. The van der Waals surface area contributed by atoms with Gasteiger partial charge in [0.05, 0.1) is 5.02 Å². The van der Waals surface area contributed by atoms with Crippen LogP contribution in [0.25, 0.3) is 6.08 Å². The summed E-state index contributed by atoms with van der Waals surface area (Å²) in [5, 5.41) is 3.30. The zero-order chi connectivity index (χ0) is 17.6. The van der Waals surface area contributed by atoms with Gasteiger partial charge in [-0.1, -0.05) is 27.5 Å². The van der Waals surface area contributed by atoms with E-state index >= 15 is 0 Å². The Morgan fingerprint density at radius 1 is 1.24 bits per heavy atom. The van der Waals surface area contributed by atoms with Crippen molar-refractivity contribution in [3.8, 4) is 11.5 Å². The molecular formula is C17H9BrClIN2O3. The van der Waals surface area contributed by atoms with Crippen molar-refractivity contribution in [2.75, 3.05) is 6.79 Å². The molecule has 0 aliphatic carbocycles. The molecule has 0 fully saturated rings. The number of carbonyl (C=O) groups is 1. The standard InChI is InChI=1S/C17H9BrClIN2O3/c18-11-6-15-14(24-7-25-15)4-8(11)3-13-17(23)22-16(21-13)10-5-9(20)1-2-12(10)19/h1-6H,7H2,(H,21,22,23)/b13-3-. The monoisotopic (exact) mass is 530 g/mol. The molecule has 5 nitrogen and oxygen atoms in total. The zero-order valence-electron chi connectivity index (χ0n) is 12.5. The van der Waals surface area contributed by atoms with Crippen LogP contribution >= 0.6 is 50.1 Å². The van der Waals surface area contributed by atoms with Crippen LogP contribution in [0.4, 0.5) is 0 Å². The second kappa shape index (κ2) is 6.62. The van der Waals surface area contributed by atoms with Crippen molar-refractivity contribution >= 4 is 67.9 Å². The van der Waals surface area contributed by atoms with Gasteiger partial charge in [0.25, 0.3) is 5.91 Å². The van der Waals surface area contributed by atoms with E-state index in [0.717, 1.165) is 13.6 Å². The summed E-state index contributed by atoms with van der Waals surface area (Å²) in [6, 6.07) is 9.16. The van der Waals surface area contributed by atoms with Crippen LogP contribution in [-0.4, -0.2) is 18.5 Å². The number of fused-ring (bicyclic) bond motifs is 1. The van der Waals surface area contributed by atoms with Gasteiger partial charge in [-0.3, -0.25) is 4.79 Å². The van der Waals surface area contributed by atoms with Crippen molar-refractivity contribution in [2.24, 2.45) is 4.99 Å². The molecule has 8 heteroatoms.